The lowest BCUT2D eigenvalue weighted by Gasteiger charge is -2.25. The second-order valence-corrected chi connectivity index (χ2v) is 4.75. The van der Waals surface area contributed by atoms with E-state index in [0.717, 1.165) is 12.8 Å². The first-order chi connectivity index (χ1) is 6.62. The molecule has 1 heterocycles. The van der Waals surface area contributed by atoms with E-state index in [-0.39, 0.29) is 5.41 Å². The van der Waals surface area contributed by atoms with Crippen molar-refractivity contribution in [3.05, 3.63) is 29.6 Å². The van der Waals surface area contributed by atoms with E-state index in [0.29, 0.717) is 6.04 Å². The number of nitrogens with zero attached hydrogens (tertiary/aromatic N) is 1. The molecule has 2 rings (SSSR count). The first-order valence-corrected chi connectivity index (χ1v) is 5.28. The van der Waals surface area contributed by atoms with E-state index in [1.807, 2.05) is 12.4 Å². The zero-order chi connectivity index (χ0) is 10.2. The highest BCUT2D eigenvalue weighted by atomic mass is 14.7. The Balaban J connectivity index is 2.35. The van der Waals surface area contributed by atoms with Gasteiger partial charge >= 0.3 is 0 Å². The van der Waals surface area contributed by atoms with Gasteiger partial charge in [-0.2, -0.15) is 0 Å². The largest absolute Gasteiger partial charge is 0.328 e. The SMILES string of the molecule is Cc1ccncc1C1(C)CCC(N)C1. The van der Waals surface area contributed by atoms with Crippen LogP contribution in [0.3, 0.4) is 0 Å². The summed E-state index contributed by atoms with van der Waals surface area (Å²) in [7, 11) is 0. The van der Waals surface area contributed by atoms with Crippen LogP contribution in [0.2, 0.25) is 0 Å². The molecule has 76 valence electrons. The van der Waals surface area contributed by atoms with E-state index in [1.165, 1.54) is 17.5 Å². The number of rotatable bonds is 1. The van der Waals surface area contributed by atoms with Gasteiger partial charge in [-0.1, -0.05) is 6.92 Å². The van der Waals surface area contributed by atoms with Crippen LogP contribution in [-0.4, -0.2) is 11.0 Å². The van der Waals surface area contributed by atoms with E-state index in [4.69, 9.17) is 5.73 Å². The van der Waals surface area contributed by atoms with Crippen LogP contribution in [0.4, 0.5) is 0 Å². The van der Waals surface area contributed by atoms with Gasteiger partial charge in [0.25, 0.3) is 0 Å². The summed E-state index contributed by atoms with van der Waals surface area (Å²) in [4.78, 5) is 4.22. The van der Waals surface area contributed by atoms with Crippen LogP contribution < -0.4 is 5.73 Å². The Kier molecular flexibility index (Phi) is 2.31. The van der Waals surface area contributed by atoms with Gasteiger partial charge in [-0.3, -0.25) is 4.98 Å². The van der Waals surface area contributed by atoms with E-state index >= 15 is 0 Å². The highest BCUT2D eigenvalue weighted by Crippen LogP contribution is 2.40. The van der Waals surface area contributed by atoms with Crippen molar-refractivity contribution in [3.8, 4) is 0 Å². The lowest BCUT2D eigenvalue weighted by molar-refractivity contribution is 0.478. The molecule has 2 heteroatoms. The highest BCUT2D eigenvalue weighted by molar-refractivity contribution is 5.31. The van der Waals surface area contributed by atoms with Gasteiger partial charge < -0.3 is 5.73 Å². The fraction of sp³-hybridized carbons (Fsp3) is 0.583. The zero-order valence-electron chi connectivity index (χ0n) is 8.96. The Labute approximate surface area is 85.5 Å². The molecule has 0 aliphatic heterocycles. The van der Waals surface area contributed by atoms with Gasteiger partial charge in [0, 0.05) is 18.4 Å². The summed E-state index contributed by atoms with van der Waals surface area (Å²) in [5, 5.41) is 0. The van der Waals surface area contributed by atoms with Gasteiger partial charge in [0.2, 0.25) is 0 Å². The molecule has 1 fully saturated rings. The molecule has 1 aliphatic rings. The average molecular weight is 190 g/mol. The summed E-state index contributed by atoms with van der Waals surface area (Å²) in [6.45, 7) is 4.47. The molecule has 2 N–H and O–H groups in total. The quantitative estimate of drug-likeness (QED) is 0.737. The average Bonchev–Trinajstić information content (AvgIpc) is 2.48. The fourth-order valence-electron chi connectivity index (χ4n) is 2.63. The Morgan fingerprint density at radius 2 is 2.36 bits per heavy atom. The second kappa shape index (κ2) is 3.35. The minimum Gasteiger partial charge on any atom is -0.328 e. The molecule has 0 bridgehead atoms. The lowest BCUT2D eigenvalue weighted by atomic mass is 9.79. The number of hydrogen-bond acceptors (Lipinski definition) is 2. The third-order valence-corrected chi connectivity index (χ3v) is 3.47. The Morgan fingerprint density at radius 1 is 1.57 bits per heavy atom. The fourth-order valence-corrected chi connectivity index (χ4v) is 2.63. The molecule has 0 radical (unpaired) electrons. The van der Waals surface area contributed by atoms with Crippen molar-refractivity contribution in [2.45, 2.75) is 44.6 Å². The Morgan fingerprint density at radius 3 is 2.93 bits per heavy atom. The smallest absolute Gasteiger partial charge is 0.0308 e. The number of hydrogen-bond donors (Lipinski definition) is 1. The minimum atomic E-state index is 0.262. The first kappa shape index (κ1) is 9.66. The number of aryl methyl sites for hydroxylation is 1. The van der Waals surface area contributed by atoms with Crippen molar-refractivity contribution in [2.24, 2.45) is 5.73 Å². The summed E-state index contributed by atoms with van der Waals surface area (Å²) in [5.41, 5.74) is 8.97. The molecule has 14 heavy (non-hydrogen) atoms. The molecule has 1 aromatic heterocycles. The van der Waals surface area contributed by atoms with Gasteiger partial charge in [-0.15, -0.1) is 0 Å². The third-order valence-electron chi connectivity index (χ3n) is 3.47. The Bertz CT molecular complexity index is 335. The van der Waals surface area contributed by atoms with Gasteiger partial charge in [0.1, 0.15) is 0 Å². The molecular formula is C12H18N2. The standard InChI is InChI=1S/C12H18N2/c1-9-4-6-14-8-11(9)12(2)5-3-10(13)7-12/h4,6,8,10H,3,5,7,13H2,1-2H3. The zero-order valence-corrected chi connectivity index (χ0v) is 8.96. The summed E-state index contributed by atoms with van der Waals surface area (Å²) in [5.74, 6) is 0. The van der Waals surface area contributed by atoms with Crippen molar-refractivity contribution in [1.82, 2.24) is 4.98 Å². The summed E-state index contributed by atoms with van der Waals surface area (Å²) in [6, 6.07) is 2.46. The lowest BCUT2D eigenvalue weighted by Crippen LogP contribution is -2.23. The molecule has 2 atom stereocenters. The molecule has 2 unspecified atom stereocenters. The summed E-state index contributed by atoms with van der Waals surface area (Å²) >= 11 is 0. The second-order valence-electron chi connectivity index (χ2n) is 4.75. The predicted octanol–water partition coefficient (Wildman–Crippen LogP) is 2.16. The maximum atomic E-state index is 5.98. The van der Waals surface area contributed by atoms with Crippen LogP contribution in [0.25, 0.3) is 0 Å². The predicted molar refractivity (Wildman–Crippen MR) is 58.2 cm³/mol. The van der Waals surface area contributed by atoms with Gasteiger partial charge in [0.05, 0.1) is 0 Å². The van der Waals surface area contributed by atoms with Crippen LogP contribution >= 0.6 is 0 Å². The molecular weight excluding hydrogens is 172 g/mol. The highest BCUT2D eigenvalue weighted by Gasteiger charge is 2.35. The van der Waals surface area contributed by atoms with Crippen molar-refractivity contribution in [3.63, 3.8) is 0 Å². The molecule has 0 spiro atoms. The van der Waals surface area contributed by atoms with Crippen LogP contribution in [-0.2, 0) is 5.41 Å². The maximum Gasteiger partial charge on any atom is 0.0308 e. The summed E-state index contributed by atoms with van der Waals surface area (Å²) < 4.78 is 0. The molecule has 1 aromatic rings. The number of aromatic nitrogens is 1. The van der Waals surface area contributed by atoms with Crippen molar-refractivity contribution in [1.29, 1.82) is 0 Å². The number of pyridine rings is 1. The van der Waals surface area contributed by atoms with Crippen LogP contribution in [0.5, 0.6) is 0 Å². The van der Waals surface area contributed by atoms with E-state index in [2.05, 4.69) is 24.9 Å². The third kappa shape index (κ3) is 1.55. The molecule has 0 saturated heterocycles. The summed E-state index contributed by atoms with van der Waals surface area (Å²) in [6.07, 6.45) is 7.30. The molecule has 1 saturated carbocycles. The normalized spacial score (nSPS) is 32.1. The van der Waals surface area contributed by atoms with Crippen LogP contribution in [0.1, 0.15) is 37.3 Å². The van der Waals surface area contributed by atoms with Crippen LogP contribution in [0.15, 0.2) is 18.5 Å². The van der Waals surface area contributed by atoms with Gasteiger partial charge in [-0.25, -0.2) is 0 Å². The van der Waals surface area contributed by atoms with Crippen molar-refractivity contribution < 1.29 is 0 Å². The van der Waals surface area contributed by atoms with Gasteiger partial charge in [-0.05, 0) is 48.8 Å². The van der Waals surface area contributed by atoms with Crippen LogP contribution in [0, 0.1) is 6.92 Å². The van der Waals surface area contributed by atoms with Crippen molar-refractivity contribution >= 4 is 0 Å². The molecule has 2 nitrogen and oxygen atoms in total. The maximum absolute atomic E-state index is 5.98. The van der Waals surface area contributed by atoms with E-state index < -0.39 is 0 Å². The first-order valence-electron chi connectivity index (χ1n) is 5.28. The molecule has 0 aromatic carbocycles. The minimum absolute atomic E-state index is 0.262. The van der Waals surface area contributed by atoms with E-state index in [1.54, 1.807) is 0 Å². The van der Waals surface area contributed by atoms with E-state index in [9.17, 15) is 0 Å². The Hall–Kier alpha value is -0.890. The van der Waals surface area contributed by atoms with Crippen molar-refractivity contribution in [2.75, 3.05) is 0 Å². The topological polar surface area (TPSA) is 38.9 Å². The molecule has 1 aliphatic carbocycles. The van der Waals surface area contributed by atoms with Gasteiger partial charge in [0.15, 0.2) is 0 Å². The molecule has 0 amide bonds. The number of nitrogens with two attached hydrogens (primary N) is 1. The monoisotopic (exact) mass is 190 g/mol.